The maximum atomic E-state index is 5.92. The first-order valence-corrected chi connectivity index (χ1v) is 12.8. The Morgan fingerprint density at radius 3 is 2.56 bits per heavy atom. The Bertz CT molecular complexity index is 1110. The molecule has 4 heterocycles. The number of thioether (sulfide) groups is 1. The highest BCUT2D eigenvalue weighted by Gasteiger charge is 2.22. The lowest BCUT2D eigenvalue weighted by Crippen LogP contribution is -2.46. The molecule has 1 aromatic carbocycles. The third kappa shape index (κ3) is 5.35. The number of allylic oxidation sites excluding steroid dienone is 1. The molecule has 5 rings (SSSR count). The van der Waals surface area contributed by atoms with E-state index in [1.165, 1.54) is 16.8 Å². The van der Waals surface area contributed by atoms with Gasteiger partial charge in [-0.1, -0.05) is 30.3 Å². The van der Waals surface area contributed by atoms with E-state index in [2.05, 4.69) is 57.6 Å². The Balaban J connectivity index is 1.19. The second-order valence-electron chi connectivity index (χ2n) is 8.95. The van der Waals surface area contributed by atoms with E-state index in [4.69, 9.17) is 14.7 Å². The molecule has 2 aliphatic heterocycles. The fraction of sp³-hybridized carbons (Fsp3) is 0.423. The zero-order valence-corrected chi connectivity index (χ0v) is 20.7. The summed E-state index contributed by atoms with van der Waals surface area (Å²) in [6.45, 7) is 8.37. The van der Waals surface area contributed by atoms with Gasteiger partial charge in [0.25, 0.3) is 0 Å². The minimum Gasteiger partial charge on any atom is -0.376 e. The van der Waals surface area contributed by atoms with Crippen molar-refractivity contribution in [3.63, 3.8) is 0 Å². The molecular formula is C26H32N6OS. The van der Waals surface area contributed by atoms with Gasteiger partial charge >= 0.3 is 0 Å². The first-order chi connectivity index (χ1) is 16.7. The number of piperazine rings is 1. The zero-order chi connectivity index (χ0) is 23.3. The number of benzene rings is 1. The van der Waals surface area contributed by atoms with Crippen LogP contribution in [0.5, 0.6) is 0 Å². The molecule has 7 nitrogen and oxygen atoms in total. The molecule has 2 aromatic heterocycles. The smallest absolute Gasteiger partial charge is 0.155 e. The predicted octanol–water partition coefficient (Wildman–Crippen LogP) is 4.04. The van der Waals surface area contributed by atoms with Crippen LogP contribution in [-0.4, -0.2) is 62.7 Å². The fourth-order valence-corrected chi connectivity index (χ4v) is 5.27. The summed E-state index contributed by atoms with van der Waals surface area (Å²) in [6, 6.07) is 8.56. The van der Waals surface area contributed by atoms with Crippen LogP contribution in [0.3, 0.4) is 0 Å². The molecule has 0 radical (unpaired) electrons. The highest BCUT2D eigenvalue weighted by atomic mass is 32.2. The van der Waals surface area contributed by atoms with Gasteiger partial charge < -0.3 is 9.64 Å². The molecule has 178 valence electrons. The van der Waals surface area contributed by atoms with Crippen molar-refractivity contribution in [3.05, 3.63) is 71.2 Å². The van der Waals surface area contributed by atoms with Gasteiger partial charge in [-0.3, -0.25) is 14.6 Å². The summed E-state index contributed by atoms with van der Waals surface area (Å²) in [6.07, 6.45) is 8.89. The van der Waals surface area contributed by atoms with Crippen LogP contribution in [0.2, 0.25) is 0 Å². The van der Waals surface area contributed by atoms with Gasteiger partial charge in [0.15, 0.2) is 5.82 Å². The van der Waals surface area contributed by atoms with Crippen LogP contribution in [0.4, 0.5) is 5.82 Å². The second kappa shape index (κ2) is 10.7. The van der Waals surface area contributed by atoms with E-state index in [0.29, 0.717) is 11.9 Å². The van der Waals surface area contributed by atoms with Crippen molar-refractivity contribution in [2.24, 2.45) is 7.05 Å². The van der Waals surface area contributed by atoms with Gasteiger partial charge in [-0.15, -0.1) is 11.8 Å². The lowest BCUT2D eigenvalue weighted by Gasteiger charge is -2.35. The van der Waals surface area contributed by atoms with Gasteiger partial charge in [0.1, 0.15) is 5.69 Å². The minimum atomic E-state index is 0.565. The summed E-state index contributed by atoms with van der Waals surface area (Å²) in [5.74, 6) is 0.967. The van der Waals surface area contributed by atoms with Crippen LogP contribution < -0.4 is 4.90 Å². The fourth-order valence-electron chi connectivity index (χ4n) is 4.43. The zero-order valence-electron chi connectivity index (χ0n) is 19.9. The quantitative estimate of drug-likeness (QED) is 0.486. The van der Waals surface area contributed by atoms with E-state index < -0.39 is 0 Å². The van der Waals surface area contributed by atoms with Gasteiger partial charge in [0, 0.05) is 74.2 Å². The first kappa shape index (κ1) is 23.1. The summed E-state index contributed by atoms with van der Waals surface area (Å²) in [5.41, 5.74) is 5.76. The maximum Gasteiger partial charge on any atom is 0.155 e. The highest BCUT2D eigenvalue weighted by molar-refractivity contribution is 8.03. The predicted molar refractivity (Wildman–Crippen MR) is 138 cm³/mol. The Kier molecular flexibility index (Phi) is 7.27. The van der Waals surface area contributed by atoms with Gasteiger partial charge in [-0.25, -0.2) is 4.98 Å². The highest BCUT2D eigenvalue weighted by Crippen LogP contribution is 2.28. The van der Waals surface area contributed by atoms with Crippen LogP contribution in [-0.2, 0) is 24.9 Å². The lowest BCUT2D eigenvalue weighted by atomic mass is 10.1. The summed E-state index contributed by atoms with van der Waals surface area (Å²) >= 11 is 1.86. The van der Waals surface area contributed by atoms with Crippen molar-refractivity contribution < 1.29 is 4.74 Å². The van der Waals surface area contributed by atoms with Crippen molar-refractivity contribution in [2.75, 3.05) is 37.7 Å². The van der Waals surface area contributed by atoms with Crippen molar-refractivity contribution in [2.45, 2.75) is 31.7 Å². The van der Waals surface area contributed by atoms with Gasteiger partial charge in [-0.05, 0) is 24.3 Å². The first-order valence-electron chi connectivity index (χ1n) is 11.9. The standard InChI is InChI=1S/C26H32N6OS/c1-20-23(16-29-30(20)2)17-31-11-13-32(14-12-31)26-25(27-9-10-28-26)22-7-5-21(6-8-22)18-33-19-24-4-3-15-34-24/h3,5-10,15-16,24H,4,11-14,17-19H2,1-2H3. The number of ether oxygens (including phenoxy) is 1. The van der Waals surface area contributed by atoms with Gasteiger partial charge in [-0.2, -0.15) is 5.10 Å². The maximum absolute atomic E-state index is 5.92. The number of nitrogens with zero attached hydrogens (tertiary/aromatic N) is 6. The third-order valence-corrected chi connectivity index (χ3v) is 7.71. The van der Waals surface area contributed by atoms with E-state index in [1.807, 2.05) is 29.7 Å². The SMILES string of the molecule is Cc1c(CN2CCN(c3nccnc3-c3ccc(COCC4CC=CS4)cc3)CC2)cnn1C. The number of rotatable bonds is 8. The summed E-state index contributed by atoms with van der Waals surface area (Å²) in [5, 5.41) is 7.11. The number of hydrogen-bond acceptors (Lipinski definition) is 7. The lowest BCUT2D eigenvalue weighted by molar-refractivity contribution is 0.123. The molecule has 0 bridgehead atoms. The van der Waals surface area contributed by atoms with E-state index in [-0.39, 0.29) is 0 Å². The Labute approximate surface area is 205 Å². The molecule has 0 saturated carbocycles. The number of anilines is 1. The molecule has 0 spiro atoms. The van der Waals surface area contributed by atoms with E-state index >= 15 is 0 Å². The topological polar surface area (TPSA) is 59.3 Å². The normalized spacial score (nSPS) is 18.6. The number of hydrogen-bond donors (Lipinski definition) is 0. The monoisotopic (exact) mass is 476 g/mol. The minimum absolute atomic E-state index is 0.565. The molecule has 1 atom stereocenters. The average molecular weight is 477 g/mol. The van der Waals surface area contributed by atoms with E-state index in [1.54, 1.807) is 12.4 Å². The third-order valence-electron chi connectivity index (χ3n) is 6.65. The number of aromatic nitrogens is 4. The van der Waals surface area contributed by atoms with Crippen LogP contribution >= 0.6 is 11.8 Å². The van der Waals surface area contributed by atoms with Crippen molar-refractivity contribution in [1.29, 1.82) is 0 Å². The average Bonchev–Trinajstić information content (AvgIpc) is 3.51. The molecule has 0 aliphatic carbocycles. The van der Waals surface area contributed by atoms with Crippen LogP contribution in [0.15, 0.2) is 54.3 Å². The van der Waals surface area contributed by atoms with Gasteiger partial charge in [0.05, 0.1) is 19.4 Å². The molecule has 0 amide bonds. The molecule has 3 aromatic rings. The van der Waals surface area contributed by atoms with Crippen LogP contribution in [0.25, 0.3) is 11.3 Å². The molecule has 1 unspecified atom stereocenters. The molecule has 0 N–H and O–H groups in total. The van der Waals surface area contributed by atoms with Crippen LogP contribution in [0, 0.1) is 6.92 Å². The second-order valence-corrected chi connectivity index (χ2v) is 10.2. The summed E-state index contributed by atoms with van der Waals surface area (Å²) < 4.78 is 7.87. The molecule has 34 heavy (non-hydrogen) atoms. The van der Waals surface area contributed by atoms with Crippen molar-refractivity contribution in [1.82, 2.24) is 24.6 Å². The summed E-state index contributed by atoms with van der Waals surface area (Å²) in [4.78, 5) is 14.3. The van der Waals surface area contributed by atoms with E-state index in [9.17, 15) is 0 Å². The summed E-state index contributed by atoms with van der Waals surface area (Å²) in [7, 11) is 2.00. The molecule has 1 fully saturated rings. The van der Waals surface area contributed by atoms with E-state index in [0.717, 1.165) is 62.8 Å². The van der Waals surface area contributed by atoms with Crippen molar-refractivity contribution >= 4 is 17.6 Å². The Morgan fingerprint density at radius 2 is 1.85 bits per heavy atom. The van der Waals surface area contributed by atoms with Crippen LogP contribution in [0.1, 0.15) is 23.2 Å². The largest absolute Gasteiger partial charge is 0.376 e. The number of aryl methyl sites for hydroxylation is 1. The Hall–Kier alpha value is -2.68. The van der Waals surface area contributed by atoms with Gasteiger partial charge in [0.2, 0.25) is 0 Å². The Morgan fingerprint density at radius 1 is 1.06 bits per heavy atom. The molecule has 1 saturated heterocycles. The van der Waals surface area contributed by atoms with Crippen molar-refractivity contribution in [3.8, 4) is 11.3 Å². The molecular weight excluding hydrogens is 444 g/mol. The molecule has 2 aliphatic rings. The molecule has 8 heteroatoms.